The van der Waals surface area contributed by atoms with Crippen molar-refractivity contribution in [2.75, 3.05) is 28.3 Å². The number of rotatable bonds is 6. The normalized spacial score (nSPS) is 17.8. The van der Waals surface area contributed by atoms with Crippen LogP contribution in [0.5, 0.6) is 0 Å². The van der Waals surface area contributed by atoms with E-state index >= 15 is 0 Å². The Bertz CT molecular complexity index is 701. The molecule has 132 valence electrons. The summed E-state index contributed by atoms with van der Waals surface area (Å²) < 4.78 is 22.7. The molecule has 8 heteroatoms. The van der Waals surface area contributed by atoms with E-state index in [4.69, 9.17) is 0 Å². The Balaban J connectivity index is 1.87. The van der Waals surface area contributed by atoms with Gasteiger partial charge in [-0.2, -0.15) is 0 Å². The summed E-state index contributed by atoms with van der Waals surface area (Å²) in [5.41, 5.74) is 1.39. The van der Waals surface area contributed by atoms with Crippen LogP contribution in [0.2, 0.25) is 0 Å². The van der Waals surface area contributed by atoms with Gasteiger partial charge in [0.1, 0.15) is 0 Å². The predicted molar refractivity (Wildman–Crippen MR) is 94.0 cm³/mol. The first-order chi connectivity index (χ1) is 11.3. The van der Waals surface area contributed by atoms with Gasteiger partial charge < -0.3 is 15.5 Å². The summed E-state index contributed by atoms with van der Waals surface area (Å²) in [5.74, 6) is 0.0917. The molecule has 1 saturated heterocycles. The lowest BCUT2D eigenvalue weighted by molar-refractivity contribution is -0.117. The fourth-order valence-electron chi connectivity index (χ4n) is 2.57. The molecule has 1 heterocycles. The van der Waals surface area contributed by atoms with Gasteiger partial charge in [0.25, 0.3) is 0 Å². The van der Waals surface area contributed by atoms with Gasteiger partial charge in [0.15, 0.2) is 9.84 Å². The van der Waals surface area contributed by atoms with Crippen LogP contribution in [0.4, 0.5) is 16.2 Å². The van der Waals surface area contributed by atoms with Crippen molar-refractivity contribution in [2.45, 2.75) is 32.7 Å². The Morgan fingerprint density at radius 2 is 1.96 bits per heavy atom. The molecule has 0 spiro atoms. The third kappa shape index (κ3) is 4.70. The van der Waals surface area contributed by atoms with Crippen molar-refractivity contribution in [2.24, 2.45) is 0 Å². The van der Waals surface area contributed by atoms with Gasteiger partial charge in [0.05, 0.1) is 5.75 Å². The first kappa shape index (κ1) is 18.3. The Labute approximate surface area is 142 Å². The molecule has 0 unspecified atom stereocenters. The quantitative estimate of drug-likeness (QED) is 0.814. The van der Waals surface area contributed by atoms with E-state index in [1.54, 1.807) is 36.1 Å². The Morgan fingerprint density at radius 1 is 1.29 bits per heavy atom. The zero-order chi connectivity index (χ0) is 17.7. The van der Waals surface area contributed by atoms with E-state index in [2.05, 4.69) is 10.6 Å². The monoisotopic (exact) mass is 353 g/mol. The summed E-state index contributed by atoms with van der Waals surface area (Å²) in [5, 5.41) is 5.15. The summed E-state index contributed by atoms with van der Waals surface area (Å²) in [7, 11) is -3.09. The molecule has 7 nitrogen and oxygen atoms in total. The van der Waals surface area contributed by atoms with Gasteiger partial charge >= 0.3 is 6.03 Å². The van der Waals surface area contributed by atoms with Crippen LogP contribution >= 0.6 is 0 Å². The maximum atomic E-state index is 11.9. The first-order valence-electron chi connectivity index (χ1n) is 8.00. The molecule has 0 radical (unpaired) electrons. The van der Waals surface area contributed by atoms with Gasteiger partial charge in [-0.25, -0.2) is 13.2 Å². The lowest BCUT2D eigenvalue weighted by atomic mass is 10.2. The van der Waals surface area contributed by atoms with Gasteiger partial charge in [0, 0.05) is 36.1 Å². The van der Waals surface area contributed by atoms with E-state index < -0.39 is 15.9 Å². The molecule has 0 saturated carbocycles. The number of anilines is 2. The smallest absolute Gasteiger partial charge is 0.319 e. The average molecular weight is 353 g/mol. The molecule has 1 aromatic carbocycles. The number of hydrogen-bond acceptors (Lipinski definition) is 4. The molecule has 0 aliphatic carbocycles. The summed E-state index contributed by atoms with van der Waals surface area (Å²) >= 11 is 0. The molecular formula is C16H23N3O4S. The van der Waals surface area contributed by atoms with Crippen molar-refractivity contribution in [3.8, 4) is 0 Å². The van der Waals surface area contributed by atoms with Gasteiger partial charge in [-0.15, -0.1) is 0 Å². The van der Waals surface area contributed by atoms with Crippen LogP contribution in [0.3, 0.4) is 0 Å². The average Bonchev–Trinajstić information content (AvgIpc) is 2.87. The number of nitrogens with one attached hydrogen (secondary N) is 2. The number of benzene rings is 1. The van der Waals surface area contributed by atoms with E-state index in [1.165, 1.54) is 0 Å². The van der Waals surface area contributed by atoms with Gasteiger partial charge in [-0.1, -0.05) is 6.92 Å². The van der Waals surface area contributed by atoms with Crippen molar-refractivity contribution < 1.29 is 18.0 Å². The summed E-state index contributed by atoms with van der Waals surface area (Å²) in [4.78, 5) is 25.4. The molecule has 3 amide bonds. The molecule has 1 aromatic rings. The van der Waals surface area contributed by atoms with Crippen LogP contribution in [-0.4, -0.2) is 44.4 Å². The molecule has 2 rings (SSSR count). The highest BCUT2D eigenvalue weighted by Crippen LogP contribution is 2.27. The Kier molecular flexibility index (Phi) is 5.82. The largest absolute Gasteiger partial charge is 0.337 e. The maximum Gasteiger partial charge on any atom is 0.319 e. The van der Waals surface area contributed by atoms with E-state index in [-0.39, 0.29) is 30.0 Å². The minimum Gasteiger partial charge on any atom is -0.337 e. The topological polar surface area (TPSA) is 95.6 Å². The van der Waals surface area contributed by atoms with Crippen LogP contribution in [0.1, 0.15) is 26.7 Å². The number of amides is 3. The molecule has 0 aromatic heterocycles. The minimum atomic E-state index is -3.09. The van der Waals surface area contributed by atoms with Crippen molar-refractivity contribution in [1.82, 2.24) is 5.32 Å². The van der Waals surface area contributed by atoms with Gasteiger partial charge in [0.2, 0.25) is 5.91 Å². The molecule has 1 fully saturated rings. The molecule has 0 bridgehead atoms. The molecular weight excluding hydrogens is 330 g/mol. The number of nitrogens with zero attached hydrogens (tertiary/aromatic N) is 1. The predicted octanol–water partition coefficient (Wildman–Crippen LogP) is 1.76. The second-order valence-electron chi connectivity index (χ2n) is 5.82. The van der Waals surface area contributed by atoms with E-state index in [1.807, 2.05) is 6.92 Å². The summed E-state index contributed by atoms with van der Waals surface area (Å²) in [6.07, 6.45) is 1.41. The van der Waals surface area contributed by atoms with Crippen molar-refractivity contribution in [1.29, 1.82) is 0 Å². The molecule has 2 N–H and O–H groups in total. The SMILES string of the molecule is CCS(=O)(=O)CCNC(=O)Nc1ccc(N2C(=O)CC[C@@H]2C)cc1. The number of hydrogen-bond donors (Lipinski definition) is 2. The maximum absolute atomic E-state index is 11.9. The van der Waals surface area contributed by atoms with Crippen molar-refractivity contribution in [3.05, 3.63) is 24.3 Å². The lowest BCUT2D eigenvalue weighted by Crippen LogP contribution is -2.33. The third-order valence-corrected chi connectivity index (χ3v) is 5.73. The number of carbonyl (C=O) groups is 2. The molecule has 24 heavy (non-hydrogen) atoms. The van der Waals surface area contributed by atoms with E-state index in [9.17, 15) is 18.0 Å². The van der Waals surface area contributed by atoms with Crippen LogP contribution in [-0.2, 0) is 14.6 Å². The first-order valence-corrected chi connectivity index (χ1v) is 9.82. The second kappa shape index (κ2) is 7.65. The van der Waals surface area contributed by atoms with Crippen LogP contribution in [0, 0.1) is 0 Å². The summed E-state index contributed by atoms with van der Waals surface area (Å²) in [6, 6.07) is 6.74. The fraction of sp³-hybridized carbons (Fsp3) is 0.500. The van der Waals surface area contributed by atoms with E-state index in [0.29, 0.717) is 12.1 Å². The van der Waals surface area contributed by atoms with Crippen LogP contribution in [0.15, 0.2) is 24.3 Å². The van der Waals surface area contributed by atoms with E-state index in [0.717, 1.165) is 12.1 Å². The number of carbonyl (C=O) groups excluding carboxylic acids is 2. The molecule has 1 aliphatic rings. The second-order valence-corrected chi connectivity index (χ2v) is 8.29. The van der Waals surface area contributed by atoms with Crippen LogP contribution < -0.4 is 15.5 Å². The minimum absolute atomic E-state index is 0.0609. The number of urea groups is 1. The number of sulfone groups is 1. The highest BCUT2D eigenvalue weighted by Gasteiger charge is 2.28. The Morgan fingerprint density at radius 3 is 2.50 bits per heavy atom. The zero-order valence-corrected chi connectivity index (χ0v) is 14.7. The third-order valence-electron chi connectivity index (χ3n) is 4.03. The van der Waals surface area contributed by atoms with Crippen LogP contribution in [0.25, 0.3) is 0 Å². The van der Waals surface area contributed by atoms with Crippen molar-refractivity contribution in [3.63, 3.8) is 0 Å². The van der Waals surface area contributed by atoms with Crippen molar-refractivity contribution >= 4 is 33.2 Å². The van der Waals surface area contributed by atoms with Gasteiger partial charge in [-0.05, 0) is 37.6 Å². The molecule has 1 aliphatic heterocycles. The Hall–Kier alpha value is -2.09. The lowest BCUT2D eigenvalue weighted by Gasteiger charge is -2.22. The molecule has 1 atom stereocenters. The highest BCUT2D eigenvalue weighted by atomic mass is 32.2. The summed E-state index contributed by atoms with van der Waals surface area (Å²) in [6.45, 7) is 3.65. The fourth-order valence-corrected chi connectivity index (χ4v) is 3.27. The zero-order valence-electron chi connectivity index (χ0n) is 13.9. The van der Waals surface area contributed by atoms with Gasteiger partial charge in [-0.3, -0.25) is 4.79 Å². The highest BCUT2D eigenvalue weighted by molar-refractivity contribution is 7.91. The standard InChI is InChI=1S/C16H23N3O4S/c1-3-24(22,23)11-10-17-16(21)18-13-5-7-14(8-6-13)19-12(2)4-9-15(19)20/h5-8,12H,3-4,9-11H2,1-2H3,(H2,17,18,21)/t12-/m0/s1.